The fourth-order valence-electron chi connectivity index (χ4n) is 4.77. The second kappa shape index (κ2) is 8.62. The Balaban J connectivity index is 1.16. The number of ether oxygens (including phenoxy) is 2. The molecule has 1 unspecified atom stereocenters. The number of nitrogens with zero attached hydrogens (tertiary/aromatic N) is 4. The maximum absolute atomic E-state index is 13.0. The zero-order valence-electron chi connectivity index (χ0n) is 19.5. The van der Waals surface area contributed by atoms with Crippen molar-refractivity contribution in [1.29, 1.82) is 0 Å². The number of oxazole rings is 1. The predicted octanol–water partition coefficient (Wildman–Crippen LogP) is 4.25. The molecule has 1 aromatic carbocycles. The fourth-order valence-corrected chi connectivity index (χ4v) is 4.77. The molecular weight excluding hydrogens is 436 g/mol. The quantitative estimate of drug-likeness (QED) is 0.532. The first-order valence-electron chi connectivity index (χ1n) is 11.5. The molecule has 1 aliphatic heterocycles. The summed E-state index contributed by atoms with van der Waals surface area (Å²) in [5.74, 6) is 1.58. The Morgan fingerprint density at radius 2 is 1.88 bits per heavy atom. The molecule has 1 saturated carbocycles. The van der Waals surface area contributed by atoms with E-state index in [0.29, 0.717) is 30.8 Å². The minimum Gasteiger partial charge on any atom is -0.490 e. The number of benzene rings is 1. The number of carbonyl (C=O) groups excluding carboxylic acids is 2. The molecule has 1 saturated heterocycles. The summed E-state index contributed by atoms with van der Waals surface area (Å²) in [5.41, 5.74) is 0.387. The van der Waals surface area contributed by atoms with Gasteiger partial charge in [0.1, 0.15) is 17.6 Å². The number of hydrogen-bond donors (Lipinski definition) is 0. The van der Waals surface area contributed by atoms with Crippen molar-refractivity contribution in [1.82, 2.24) is 19.7 Å². The van der Waals surface area contributed by atoms with Gasteiger partial charge < -0.3 is 18.8 Å². The Morgan fingerprint density at radius 3 is 2.56 bits per heavy atom. The minimum atomic E-state index is -0.618. The molecule has 3 heterocycles. The smallest absolute Gasteiger partial charge is 0.359 e. The highest BCUT2D eigenvalue weighted by molar-refractivity contribution is 5.88. The average molecular weight is 465 g/mol. The van der Waals surface area contributed by atoms with E-state index < -0.39 is 11.6 Å². The zero-order chi connectivity index (χ0) is 23.9. The first-order chi connectivity index (χ1) is 16.2. The Bertz CT molecular complexity index is 1170. The van der Waals surface area contributed by atoms with Crippen LogP contribution in [0.2, 0.25) is 0 Å². The van der Waals surface area contributed by atoms with Gasteiger partial charge in [-0.15, -0.1) is 0 Å². The molecule has 0 bridgehead atoms. The highest BCUT2D eigenvalue weighted by Crippen LogP contribution is 2.40. The van der Waals surface area contributed by atoms with Crippen LogP contribution in [0, 0.1) is 11.8 Å². The summed E-state index contributed by atoms with van der Waals surface area (Å²) < 4.78 is 18.2. The topological polar surface area (TPSA) is 99.7 Å². The molecule has 9 nitrogen and oxygen atoms in total. The van der Waals surface area contributed by atoms with Crippen molar-refractivity contribution in [2.45, 2.75) is 45.3 Å². The molecule has 2 aliphatic rings. The molecule has 1 amide bonds. The lowest BCUT2D eigenvalue weighted by molar-refractivity contribution is 0.00623. The number of hydrogen-bond acceptors (Lipinski definition) is 7. The van der Waals surface area contributed by atoms with Gasteiger partial charge in [-0.2, -0.15) is 9.78 Å². The molecule has 3 aromatic rings. The monoisotopic (exact) mass is 464 g/mol. The maximum atomic E-state index is 13.0. The van der Waals surface area contributed by atoms with Crippen LogP contribution in [0.15, 0.2) is 53.4 Å². The van der Waals surface area contributed by atoms with E-state index in [1.54, 1.807) is 38.1 Å². The molecule has 34 heavy (non-hydrogen) atoms. The van der Waals surface area contributed by atoms with Gasteiger partial charge in [-0.1, -0.05) is 6.07 Å². The lowest BCUT2D eigenvalue weighted by atomic mass is 10.0. The molecule has 0 N–H and O–H groups in total. The normalized spacial score (nSPS) is 22.0. The molecule has 2 fully saturated rings. The highest BCUT2D eigenvalue weighted by Gasteiger charge is 2.43. The van der Waals surface area contributed by atoms with Gasteiger partial charge in [0.05, 0.1) is 12.3 Å². The summed E-state index contributed by atoms with van der Waals surface area (Å²) in [6.07, 6.45) is 6.57. The molecule has 0 spiro atoms. The lowest BCUT2D eigenvalue weighted by Gasteiger charge is -2.20. The summed E-state index contributed by atoms with van der Waals surface area (Å²) in [6.45, 7) is 6.68. The Hall–Kier alpha value is -3.62. The average Bonchev–Trinajstić information content (AvgIpc) is 3.56. The molecule has 2 aromatic heterocycles. The first kappa shape index (κ1) is 22.2. The first-order valence-corrected chi connectivity index (χ1v) is 11.5. The van der Waals surface area contributed by atoms with E-state index in [9.17, 15) is 9.59 Å². The van der Waals surface area contributed by atoms with Crippen LogP contribution < -0.4 is 4.74 Å². The van der Waals surface area contributed by atoms with Gasteiger partial charge in [-0.25, -0.2) is 14.6 Å². The van der Waals surface area contributed by atoms with Crippen molar-refractivity contribution in [2.24, 2.45) is 11.8 Å². The SMILES string of the molecule is CC(C)(C)OC(=O)c1ccn(C(=O)N2C[C@H]3CC(Oc4cccc(-c5ncco5)c4)C[C@H]3C2)n1. The van der Waals surface area contributed by atoms with E-state index >= 15 is 0 Å². The summed E-state index contributed by atoms with van der Waals surface area (Å²) in [7, 11) is 0. The van der Waals surface area contributed by atoms with Crippen LogP contribution in [0.5, 0.6) is 5.75 Å². The Morgan fingerprint density at radius 1 is 1.12 bits per heavy atom. The van der Waals surface area contributed by atoms with Crippen LogP contribution >= 0.6 is 0 Å². The molecule has 9 heteroatoms. The minimum absolute atomic E-state index is 0.107. The van der Waals surface area contributed by atoms with Gasteiger partial charge in [0.2, 0.25) is 5.89 Å². The number of amides is 1. The van der Waals surface area contributed by atoms with Crippen molar-refractivity contribution in [3.63, 3.8) is 0 Å². The van der Waals surface area contributed by atoms with Crippen molar-refractivity contribution in [3.05, 3.63) is 54.7 Å². The van der Waals surface area contributed by atoms with Crippen LogP contribution in [-0.2, 0) is 4.74 Å². The largest absolute Gasteiger partial charge is 0.490 e. The van der Waals surface area contributed by atoms with Crippen LogP contribution in [0.1, 0.15) is 44.1 Å². The summed E-state index contributed by atoms with van der Waals surface area (Å²) in [4.78, 5) is 31.2. The summed E-state index contributed by atoms with van der Waals surface area (Å²) >= 11 is 0. The van der Waals surface area contributed by atoms with E-state index in [-0.39, 0.29) is 17.8 Å². The lowest BCUT2D eigenvalue weighted by Crippen LogP contribution is -2.35. The third-order valence-electron chi connectivity index (χ3n) is 6.19. The molecular formula is C25H28N4O5. The van der Waals surface area contributed by atoms with Gasteiger partial charge in [0, 0.05) is 24.8 Å². The predicted molar refractivity (Wildman–Crippen MR) is 122 cm³/mol. The molecule has 0 radical (unpaired) electrons. The standard InChI is InChI=1S/C25H28N4O5/c1-25(2,3)34-23(30)21-7-9-29(27-21)24(31)28-14-17-12-20(13-18(17)15-28)33-19-6-4-5-16(11-19)22-26-8-10-32-22/h4-11,17-18,20H,12-15H2,1-3H3/t17-,18+,20?. The van der Waals surface area contributed by atoms with Crippen LogP contribution in [0.25, 0.3) is 11.5 Å². The Labute approximate surface area is 197 Å². The van der Waals surface area contributed by atoms with Crippen molar-refractivity contribution in [2.75, 3.05) is 13.1 Å². The second-order valence-corrected chi connectivity index (χ2v) is 9.93. The van der Waals surface area contributed by atoms with E-state index in [4.69, 9.17) is 13.9 Å². The number of likely N-dealkylation sites (tertiary alicyclic amines) is 1. The number of rotatable bonds is 4. The molecule has 1 aliphatic carbocycles. The van der Waals surface area contributed by atoms with Gasteiger partial charge in [-0.05, 0) is 69.7 Å². The van der Waals surface area contributed by atoms with Gasteiger partial charge in [0.15, 0.2) is 5.69 Å². The number of aromatic nitrogens is 3. The van der Waals surface area contributed by atoms with Crippen molar-refractivity contribution >= 4 is 12.0 Å². The van der Waals surface area contributed by atoms with E-state index in [2.05, 4.69) is 10.1 Å². The van der Waals surface area contributed by atoms with Crippen LogP contribution in [0.3, 0.4) is 0 Å². The van der Waals surface area contributed by atoms with Crippen molar-refractivity contribution < 1.29 is 23.5 Å². The van der Waals surface area contributed by atoms with Crippen molar-refractivity contribution in [3.8, 4) is 17.2 Å². The number of fused-ring (bicyclic) bond motifs is 1. The second-order valence-electron chi connectivity index (χ2n) is 9.93. The summed E-state index contributed by atoms with van der Waals surface area (Å²) in [6, 6.07) is 9.04. The highest BCUT2D eigenvalue weighted by atomic mass is 16.6. The van der Waals surface area contributed by atoms with Crippen LogP contribution in [-0.4, -0.2) is 56.5 Å². The molecule has 3 atom stereocenters. The van der Waals surface area contributed by atoms with Gasteiger partial charge >= 0.3 is 12.0 Å². The van der Waals surface area contributed by atoms with Gasteiger partial charge in [0.25, 0.3) is 0 Å². The Kier molecular flexibility index (Phi) is 5.63. The van der Waals surface area contributed by atoms with E-state index in [1.807, 2.05) is 24.3 Å². The van der Waals surface area contributed by atoms with Crippen LogP contribution in [0.4, 0.5) is 4.79 Å². The van der Waals surface area contributed by atoms with E-state index in [1.165, 1.54) is 16.9 Å². The van der Waals surface area contributed by atoms with E-state index in [0.717, 1.165) is 24.2 Å². The fraction of sp³-hybridized carbons (Fsp3) is 0.440. The molecule has 178 valence electrons. The zero-order valence-corrected chi connectivity index (χ0v) is 19.5. The number of carbonyl (C=O) groups is 2. The summed E-state index contributed by atoms with van der Waals surface area (Å²) in [5, 5.41) is 4.15. The molecule has 5 rings (SSSR count). The third kappa shape index (κ3) is 4.69. The third-order valence-corrected chi connectivity index (χ3v) is 6.19. The number of esters is 1. The van der Waals surface area contributed by atoms with Gasteiger partial charge in [-0.3, -0.25) is 0 Å². The maximum Gasteiger partial charge on any atom is 0.359 e.